The van der Waals surface area contributed by atoms with E-state index in [1.54, 1.807) is 24.3 Å². The number of aromatic nitrogens is 2. The summed E-state index contributed by atoms with van der Waals surface area (Å²) in [6.45, 7) is 1.99. The Morgan fingerprint density at radius 2 is 1.61 bits per heavy atom. The number of hydrogen-bond acceptors (Lipinski definition) is 4. The van der Waals surface area contributed by atoms with Crippen LogP contribution < -0.4 is 5.32 Å². The summed E-state index contributed by atoms with van der Waals surface area (Å²) in [6.07, 6.45) is 0. The van der Waals surface area contributed by atoms with Crippen molar-refractivity contribution in [1.29, 1.82) is 0 Å². The first-order valence-electron chi connectivity index (χ1n) is 8.68. The van der Waals surface area contributed by atoms with Gasteiger partial charge < -0.3 is 9.84 Å². The van der Waals surface area contributed by atoms with E-state index in [9.17, 15) is 4.79 Å². The minimum atomic E-state index is -0.253. The minimum absolute atomic E-state index is 0.253. The lowest BCUT2D eigenvalue weighted by molar-refractivity contribution is 0.102. The second-order valence-corrected chi connectivity index (χ2v) is 6.68. The monoisotopic (exact) mass is 389 g/mol. The fraction of sp³-hybridized carbons (Fsp3) is 0.0455. The average Bonchev–Trinajstić information content (AvgIpc) is 3.20. The molecule has 1 amide bonds. The van der Waals surface area contributed by atoms with Crippen LogP contribution in [-0.2, 0) is 0 Å². The van der Waals surface area contributed by atoms with Crippen LogP contribution in [0.4, 0.5) is 5.69 Å². The van der Waals surface area contributed by atoms with Gasteiger partial charge in [-0.2, -0.15) is 4.98 Å². The molecule has 1 aromatic heterocycles. The summed E-state index contributed by atoms with van der Waals surface area (Å²) in [6, 6.07) is 21.9. The van der Waals surface area contributed by atoms with E-state index in [4.69, 9.17) is 16.1 Å². The molecule has 4 aromatic rings. The van der Waals surface area contributed by atoms with Crippen LogP contribution >= 0.6 is 11.6 Å². The van der Waals surface area contributed by atoms with Gasteiger partial charge in [-0.1, -0.05) is 58.7 Å². The summed E-state index contributed by atoms with van der Waals surface area (Å²) in [5.74, 6) is 0.371. The van der Waals surface area contributed by atoms with Gasteiger partial charge in [-0.05, 0) is 43.3 Å². The lowest BCUT2D eigenvalue weighted by Gasteiger charge is -2.08. The van der Waals surface area contributed by atoms with Crippen molar-refractivity contribution in [3.63, 3.8) is 0 Å². The summed E-state index contributed by atoms with van der Waals surface area (Å²) >= 11 is 6.21. The highest BCUT2D eigenvalue weighted by Crippen LogP contribution is 2.29. The minimum Gasteiger partial charge on any atom is -0.334 e. The molecule has 0 saturated heterocycles. The first kappa shape index (κ1) is 17.9. The van der Waals surface area contributed by atoms with Gasteiger partial charge in [-0.25, -0.2) is 0 Å². The fourth-order valence-corrected chi connectivity index (χ4v) is 3.01. The summed E-state index contributed by atoms with van der Waals surface area (Å²) < 4.78 is 5.42. The molecule has 138 valence electrons. The van der Waals surface area contributed by atoms with Gasteiger partial charge >= 0.3 is 0 Å². The van der Waals surface area contributed by atoms with E-state index in [2.05, 4.69) is 15.5 Å². The molecule has 0 bridgehead atoms. The molecule has 4 rings (SSSR count). The number of amides is 1. The van der Waals surface area contributed by atoms with Crippen molar-refractivity contribution in [2.24, 2.45) is 0 Å². The maximum Gasteiger partial charge on any atom is 0.259 e. The molecule has 6 heteroatoms. The largest absolute Gasteiger partial charge is 0.334 e. The highest BCUT2D eigenvalue weighted by molar-refractivity contribution is 6.33. The van der Waals surface area contributed by atoms with Gasteiger partial charge in [0.1, 0.15) is 0 Å². The number of benzene rings is 3. The van der Waals surface area contributed by atoms with Gasteiger partial charge in [0.2, 0.25) is 5.82 Å². The van der Waals surface area contributed by atoms with Crippen molar-refractivity contribution in [2.45, 2.75) is 6.92 Å². The quantitative estimate of drug-likeness (QED) is 0.492. The Balaban J connectivity index is 1.66. The zero-order chi connectivity index (χ0) is 19.5. The van der Waals surface area contributed by atoms with Crippen LogP contribution in [0.1, 0.15) is 15.9 Å². The van der Waals surface area contributed by atoms with E-state index in [1.165, 1.54) is 0 Å². The average molecular weight is 390 g/mol. The second-order valence-electron chi connectivity index (χ2n) is 6.27. The Kier molecular flexibility index (Phi) is 4.91. The van der Waals surface area contributed by atoms with Gasteiger partial charge in [0.15, 0.2) is 0 Å². The number of hydrogen-bond donors (Lipinski definition) is 1. The van der Waals surface area contributed by atoms with E-state index >= 15 is 0 Å². The molecule has 0 radical (unpaired) electrons. The number of nitrogens with zero attached hydrogens (tertiary/aromatic N) is 2. The Morgan fingerprint density at radius 3 is 2.36 bits per heavy atom. The van der Waals surface area contributed by atoms with Crippen molar-refractivity contribution >= 4 is 23.2 Å². The van der Waals surface area contributed by atoms with Crippen molar-refractivity contribution in [3.05, 3.63) is 88.9 Å². The molecule has 0 aliphatic heterocycles. The van der Waals surface area contributed by atoms with Crippen molar-refractivity contribution in [2.75, 3.05) is 5.32 Å². The third kappa shape index (κ3) is 3.66. The smallest absolute Gasteiger partial charge is 0.259 e. The zero-order valence-corrected chi connectivity index (χ0v) is 15.8. The second kappa shape index (κ2) is 7.66. The van der Waals surface area contributed by atoms with E-state index in [-0.39, 0.29) is 11.8 Å². The maximum atomic E-state index is 12.8. The van der Waals surface area contributed by atoms with Crippen LogP contribution in [0.15, 0.2) is 77.3 Å². The van der Waals surface area contributed by atoms with Crippen LogP contribution in [0, 0.1) is 6.92 Å². The van der Waals surface area contributed by atoms with Gasteiger partial charge in [-0.15, -0.1) is 0 Å². The van der Waals surface area contributed by atoms with Crippen LogP contribution in [-0.4, -0.2) is 16.0 Å². The van der Waals surface area contributed by atoms with Crippen molar-refractivity contribution < 1.29 is 9.32 Å². The van der Waals surface area contributed by atoms with Gasteiger partial charge in [0.25, 0.3) is 11.8 Å². The van der Waals surface area contributed by atoms with Gasteiger partial charge in [0.05, 0.1) is 16.1 Å². The molecule has 5 nitrogen and oxygen atoms in total. The third-order valence-corrected chi connectivity index (χ3v) is 4.58. The molecule has 28 heavy (non-hydrogen) atoms. The Hall–Kier alpha value is -3.44. The molecular weight excluding hydrogens is 374 g/mol. The van der Waals surface area contributed by atoms with E-state index in [0.29, 0.717) is 33.2 Å². The number of anilines is 1. The van der Waals surface area contributed by atoms with Gasteiger partial charge in [0, 0.05) is 11.3 Å². The predicted molar refractivity (Wildman–Crippen MR) is 109 cm³/mol. The molecule has 0 aliphatic carbocycles. The molecule has 1 heterocycles. The number of aryl methyl sites for hydroxylation is 1. The maximum absolute atomic E-state index is 12.8. The van der Waals surface area contributed by atoms with E-state index in [1.807, 2.05) is 55.5 Å². The first-order chi connectivity index (χ1) is 13.6. The Morgan fingerprint density at radius 1 is 0.929 bits per heavy atom. The molecule has 0 spiro atoms. The number of nitrogens with one attached hydrogen (secondary N) is 1. The predicted octanol–water partition coefficient (Wildman–Crippen LogP) is 5.62. The zero-order valence-electron chi connectivity index (χ0n) is 15.0. The number of rotatable bonds is 4. The van der Waals surface area contributed by atoms with Gasteiger partial charge in [-0.3, -0.25) is 4.79 Å². The molecule has 0 saturated carbocycles. The topological polar surface area (TPSA) is 68.0 Å². The third-order valence-electron chi connectivity index (χ3n) is 4.25. The molecule has 1 N–H and O–H groups in total. The lowest BCUT2D eigenvalue weighted by Crippen LogP contribution is -2.13. The summed E-state index contributed by atoms with van der Waals surface area (Å²) in [5.41, 5.74) is 3.50. The van der Waals surface area contributed by atoms with Crippen LogP contribution in [0.5, 0.6) is 0 Å². The Bertz CT molecular complexity index is 1140. The highest BCUT2D eigenvalue weighted by atomic mass is 35.5. The molecule has 3 aromatic carbocycles. The SMILES string of the molecule is Cc1ccc(NC(=O)c2ccccc2-c2nc(-c3ccccc3Cl)no2)cc1. The lowest BCUT2D eigenvalue weighted by atomic mass is 10.1. The number of carbonyl (C=O) groups is 1. The molecule has 0 fully saturated rings. The van der Waals surface area contributed by atoms with Crippen molar-refractivity contribution in [1.82, 2.24) is 10.1 Å². The molecule has 0 atom stereocenters. The summed E-state index contributed by atoms with van der Waals surface area (Å²) in [4.78, 5) is 17.2. The summed E-state index contributed by atoms with van der Waals surface area (Å²) in [5, 5.41) is 7.44. The first-order valence-corrected chi connectivity index (χ1v) is 9.05. The van der Waals surface area contributed by atoms with Crippen LogP contribution in [0.2, 0.25) is 5.02 Å². The van der Waals surface area contributed by atoms with E-state index in [0.717, 1.165) is 5.56 Å². The normalized spacial score (nSPS) is 10.6. The molecular formula is C22H16ClN3O2. The molecule has 0 unspecified atom stereocenters. The van der Waals surface area contributed by atoms with Crippen molar-refractivity contribution in [3.8, 4) is 22.8 Å². The van der Waals surface area contributed by atoms with E-state index < -0.39 is 0 Å². The van der Waals surface area contributed by atoms with Crippen LogP contribution in [0.3, 0.4) is 0 Å². The highest BCUT2D eigenvalue weighted by Gasteiger charge is 2.19. The number of halogens is 1. The Labute approximate surface area is 167 Å². The molecule has 0 aliphatic rings. The number of carbonyl (C=O) groups excluding carboxylic acids is 1. The van der Waals surface area contributed by atoms with Crippen LogP contribution in [0.25, 0.3) is 22.8 Å². The summed E-state index contributed by atoms with van der Waals surface area (Å²) in [7, 11) is 0. The fourth-order valence-electron chi connectivity index (χ4n) is 2.79. The standard InChI is InChI=1S/C22H16ClN3O2/c1-14-10-12-15(13-11-14)24-21(27)16-6-2-3-7-17(16)22-25-20(26-28-22)18-8-4-5-9-19(18)23/h2-13H,1H3,(H,24,27).